The lowest BCUT2D eigenvalue weighted by atomic mass is 9.83. The van der Waals surface area contributed by atoms with Gasteiger partial charge in [-0.05, 0) is 101 Å². The molecular weight excluding hydrogens is 603 g/mol. The summed E-state index contributed by atoms with van der Waals surface area (Å²) in [5.74, 6) is 0. The molecule has 0 aliphatic carbocycles. The highest BCUT2D eigenvalue weighted by Crippen LogP contribution is 2.46. The maximum atomic E-state index is 4.65. The van der Waals surface area contributed by atoms with E-state index in [2.05, 4.69) is 187 Å². The third-order valence-corrected chi connectivity index (χ3v) is 9.72. The number of hydrogen-bond acceptors (Lipinski definition) is 1. The minimum Gasteiger partial charge on any atom is -0.256 e. The number of aromatic nitrogens is 1. The van der Waals surface area contributed by atoms with Crippen molar-refractivity contribution in [2.45, 2.75) is 0 Å². The molecule has 0 saturated heterocycles. The Labute approximate surface area is 292 Å². The van der Waals surface area contributed by atoms with Crippen LogP contribution in [0.2, 0.25) is 0 Å². The largest absolute Gasteiger partial charge is 0.256 e. The van der Waals surface area contributed by atoms with Crippen molar-refractivity contribution in [3.63, 3.8) is 0 Å². The van der Waals surface area contributed by atoms with E-state index in [1.807, 2.05) is 18.3 Å². The summed E-state index contributed by atoms with van der Waals surface area (Å²) < 4.78 is 0. The van der Waals surface area contributed by atoms with Crippen LogP contribution in [0.15, 0.2) is 200 Å². The molecule has 0 unspecified atom stereocenters. The van der Waals surface area contributed by atoms with Crippen molar-refractivity contribution in [2.75, 3.05) is 0 Å². The zero-order chi connectivity index (χ0) is 33.3. The second kappa shape index (κ2) is 12.8. The van der Waals surface area contributed by atoms with Gasteiger partial charge in [0.15, 0.2) is 0 Å². The van der Waals surface area contributed by atoms with Crippen LogP contribution in [0.1, 0.15) is 0 Å². The maximum Gasteiger partial charge on any atom is 0.0702 e. The summed E-state index contributed by atoms with van der Waals surface area (Å²) in [6.07, 6.45) is 1.86. The average Bonchev–Trinajstić information content (AvgIpc) is 3.20. The van der Waals surface area contributed by atoms with Crippen LogP contribution in [0.4, 0.5) is 0 Å². The van der Waals surface area contributed by atoms with Crippen LogP contribution in [-0.2, 0) is 0 Å². The topological polar surface area (TPSA) is 12.9 Å². The molecule has 9 aromatic rings. The number of benzene rings is 8. The molecule has 0 saturated carbocycles. The summed E-state index contributed by atoms with van der Waals surface area (Å²) in [4.78, 5) is 4.65. The first-order valence-electron chi connectivity index (χ1n) is 17.1. The zero-order valence-electron chi connectivity index (χ0n) is 27.5. The molecule has 8 aromatic carbocycles. The van der Waals surface area contributed by atoms with E-state index in [0.717, 1.165) is 11.3 Å². The Morgan fingerprint density at radius 1 is 0.260 bits per heavy atom. The fourth-order valence-electron chi connectivity index (χ4n) is 7.53. The van der Waals surface area contributed by atoms with Crippen LogP contribution in [0.25, 0.3) is 88.4 Å². The van der Waals surface area contributed by atoms with Gasteiger partial charge in [-0.15, -0.1) is 0 Å². The molecule has 9 rings (SSSR count). The molecule has 0 spiro atoms. The molecule has 1 nitrogen and oxygen atoms in total. The first kappa shape index (κ1) is 29.6. The van der Waals surface area contributed by atoms with E-state index in [9.17, 15) is 0 Å². The van der Waals surface area contributed by atoms with Gasteiger partial charge in [0.25, 0.3) is 0 Å². The van der Waals surface area contributed by atoms with Gasteiger partial charge in [-0.25, -0.2) is 0 Å². The number of pyridine rings is 1. The fourth-order valence-corrected chi connectivity index (χ4v) is 7.53. The van der Waals surface area contributed by atoms with Crippen LogP contribution >= 0.6 is 0 Å². The molecule has 234 valence electrons. The Kier molecular flexibility index (Phi) is 7.57. The Balaban J connectivity index is 1.29. The SMILES string of the molecule is c1ccc(-c2cccc(-c3ccccc3)c2-c2cccc(-c3c4ccccc4c(-c4cccc(-c5ccccn5)c4)c4ccccc34)c2)cc1. The van der Waals surface area contributed by atoms with Crippen LogP contribution in [-0.4, -0.2) is 4.98 Å². The van der Waals surface area contributed by atoms with Crippen LogP contribution in [0.3, 0.4) is 0 Å². The predicted octanol–water partition coefficient (Wildman–Crippen LogP) is 13.4. The number of hydrogen-bond donors (Lipinski definition) is 0. The summed E-state index contributed by atoms with van der Waals surface area (Å²) in [6, 6.07) is 70.0. The highest BCUT2D eigenvalue weighted by atomic mass is 14.7. The summed E-state index contributed by atoms with van der Waals surface area (Å²) in [7, 11) is 0. The van der Waals surface area contributed by atoms with E-state index in [-0.39, 0.29) is 0 Å². The summed E-state index contributed by atoms with van der Waals surface area (Å²) >= 11 is 0. The number of rotatable bonds is 6. The lowest BCUT2D eigenvalue weighted by Crippen LogP contribution is -1.93. The molecule has 1 aromatic heterocycles. The first-order chi connectivity index (χ1) is 24.8. The minimum atomic E-state index is 0.974. The second-order valence-corrected chi connectivity index (χ2v) is 12.7. The molecule has 1 heterocycles. The normalized spacial score (nSPS) is 11.2. The van der Waals surface area contributed by atoms with Crippen molar-refractivity contribution in [2.24, 2.45) is 0 Å². The molecule has 1 heteroatoms. The molecule has 0 bridgehead atoms. The minimum absolute atomic E-state index is 0.974. The predicted molar refractivity (Wildman–Crippen MR) is 212 cm³/mol. The molecule has 0 amide bonds. The van der Waals surface area contributed by atoms with Gasteiger partial charge >= 0.3 is 0 Å². The van der Waals surface area contributed by atoms with E-state index in [1.165, 1.54) is 77.2 Å². The van der Waals surface area contributed by atoms with Gasteiger partial charge in [-0.1, -0.05) is 170 Å². The van der Waals surface area contributed by atoms with Gasteiger partial charge in [0, 0.05) is 11.8 Å². The molecule has 0 atom stereocenters. The molecule has 0 radical (unpaired) electrons. The van der Waals surface area contributed by atoms with Crippen molar-refractivity contribution in [3.8, 4) is 66.9 Å². The van der Waals surface area contributed by atoms with Gasteiger partial charge in [-0.3, -0.25) is 4.98 Å². The Morgan fingerprint density at radius 2 is 0.640 bits per heavy atom. The van der Waals surface area contributed by atoms with Crippen molar-refractivity contribution >= 4 is 21.5 Å². The lowest BCUT2D eigenvalue weighted by molar-refractivity contribution is 1.33. The molecule has 0 N–H and O–H groups in total. The second-order valence-electron chi connectivity index (χ2n) is 12.7. The summed E-state index contributed by atoms with van der Waals surface area (Å²) in [6.45, 7) is 0. The first-order valence-corrected chi connectivity index (χ1v) is 17.1. The van der Waals surface area contributed by atoms with Crippen molar-refractivity contribution in [3.05, 3.63) is 200 Å². The van der Waals surface area contributed by atoms with Crippen molar-refractivity contribution in [1.29, 1.82) is 0 Å². The lowest BCUT2D eigenvalue weighted by Gasteiger charge is -2.20. The molecule has 0 aliphatic heterocycles. The van der Waals surface area contributed by atoms with E-state index in [4.69, 9.17) is 0 Å². The zero-order valence-corrected chi connectivity index (χ0v) is 27.5. The van der Waals surface area contributed by atoms with Crippen LogP contribution < -0.4 is 0 Å². The van der Waals surface area contributed by atoms with Gasteiger partial charge in [0.2, 0.25) is 0 Å². The maximum absolute atomic E-state index is 4.65. The smallest absolute Gasteiger partial charge is 0.0702 e. The third-order valence-electron chi connectivity index (χ3n) is 9.72. The van der Waals surface area contributed by atoms with Crippen LogP contribution in [0.5, 0.6) is 0 Å². The Bertz CT molecular complexity index is 2510. The monoisotopic (exact) mass is 635 g/mol. The highest BCUT2D eigenvalue weighted by Gasteiger charge is 2.19. The average molecular weight is 636 g/mol. The fraction of sp³-hybridized carbons (Fsp3) is 0. The molecule has 50 heavy (non-hydrogen) atoms. The van der Waals surface area contributed by atoms with E-state index in [0.29, 0.717) is 0 Å². The standard InChI is InChI=1S/C49H33N/c1-3-16-34(17-4-1)40-28-15-29-41(35-18-5-2-6-19-35)47(40)38-22-14-23-39(33-38)49-44-26-9-7-24-42(44)48(43-25-8-10-27-45(43)49)37-21-13-20-36(32-37)46-30-11-12-31-50-46/h1-33H. The highest BCUT2D eigenvalue weighted by molar-refractivity contribution is 6.21. The molecule has 0 fully saturated rings. The third kappa shape index (κ3) is 5.26. The van der Waals surface area contributed by atoms with Gasteiger partial charge < -0.3 is 0 Å². The van der Waals surface area contributed by atoms with E-state index in [1.54, 1.807) is 0 Å². The van der Waals surface area contributed by atoms with Gasteiger partial charge in [0.05, 0.1) is 5.69 Å². The Hall–Kier alpha value is -6.57. The summed E-state index contributed by atoms with van der Waals surface area (Å²) in [5, 5.41) is 4.95. The quantitative estimate of drug-likeness (QED) is 0.166. The van der Waals surface area contributed by atoms with E-state index < -0.39 is 0 Å². The number of nitrogens with zero attached hydrogens (tertiary/aromatic N) is 1. The molecule has 0 aliphatic rings. The van der Waals surface area contributed by atoms with Crippen molar-refractivity contribution in [1.82, 2.24) is 4.98 Å². The van der Waals surface area contributed by atoms with E-state index >= 15 is 0 Å². The Morgan fingerprint density at radius 3 is 1.12 bits per heavy atom. The molecular formula is C49H33N. The van der Waals surface area contributed by atoms with Crippen molar-refractivity contribution < 1.29 is 0 Å². The van der Waals surface area contributed by atoms with Crippen LogP contribution in [0, 0.1) is 0 Å². The number of fused-ring (bicyclic) bond motifs is 2. The summed E-state index contributed by atoms with van der Waals surface area (Å²) in [5.41, 5.74) is 14.3. The van der Waals surface area contributed by atoms with Gasteiger partial charge in [0.1, 0.15) is 0 Å². The van der Waals surface area contributed by atoms with Gasteiger partial charge in [-0.2, -0.15) is 0 Å².